The maximum Gasteiger partial charge on any atom is 0.225 e. The minimum atomic E-state index is 0.651. The number of nitrogens with one attached hydrogen (secondary N) is 1. The summed E-state index contributed by atoms with van der Waals surface area (Å²) in [6, 6.07) is 2.60. The lowest BCUT2D eigenvalue weighted by atomic mass is 9.94. The highest BCUT2D eigenvalue weighted by Crippen LogP contribution is 2.26. The molecule has 0 radical (unpaired) electrons. The van der Waals surface area contributed by atoms with Crippen LogP contribution in [0.15, 0.2) is 12.3 Å². The van der Waals surface area contributed by atoms with Crippen LogP contribution in [0.25, 0.3) is 0 Å². The molecule has 3 rings (SSSR count). The normalized spacial score (nSPS) is 29.2. The van der Waals surface area contributed by atoms with Gasteiger partial charge in [0.15, 0.2) is 0 Å². The van der Waals surface area contributed by atoms with Crippen LogP contribution < -0.4 is 10.2 Å². The highest BCUT2D eigenvalue weighted by atomic mass is 15.3. The van der Waals surface area contributed by atoms with Gasteiger partial charge in [-0.3, -0.25) is 0 Å². The average Bonchev–Trinajstić information content (AvgIpc) is 2.72. The molecule has 0 saturated carbocycles. The van der Waals surface area contributed by atoms with Crippen LogP contribution in [0, 0.1) is 12.8 Å². The van der Waals surface area contributed by atoms with E-state index in [1.54, 1.807) is 0 Å². The van der Waals surface area contributed by atoms with Crippen molar-refractivity contribution in [1.82, 2.24) is 15.3 Å². The van der Waals surface area contributed by atoms with Gasteiger partial charge in [-0.05, 0) is 38.3 Å². The Bertz CT molecular complexity index is 365. The fourth-order valence-corrected chi connectivity index (χ4v) is 2.80. The van der Waals surface area contributed by atoms with Gasteiger partial charge in [-0.2, -0.15) is 0 Å². The van der Waals surface area contributed by atoms with Gasteiger partial charge in [0.1, 0.15) is 0 Å². The molecule has 3 heterocycles. The predicted octanol–water partition coefficient (Wildman–Crippen LogP) is 0.973. The number of hydrogen-bond donors (Lipinski definition) is 1. The predicted molar refractivity (Wildman–Crippen MR) is 63.5 cm³/mol. The molecule has 16 heavy (non-hydrogen) atoms. The fourth-order valence-electron chi connectivity index (χ4n) is 2.80. The standard InChI is InChI=1S/C12H18N4/c1-9-4-6-14-12(15-9)16-7-10-3-2-5-13-11(10)8-16/h4,6,10-11,13H,2-3,5,7-8H2,1H3/t10-,11+/m0/s1. The lowest BCUT2D eigenvalue weighted by Gasteiger charge is -2.24. The first-order valence-corrected chi connectivity index (χ1v) is 6.11. The zero-order chi connectivity index (χ0) is 11.0. The van der Waals surface area contributed by atoms with Crippen molar-refractivity contribution in [2.75, 3.05) is 24.5 Å². The minimum absolute atomic E-state index is 0.651. The summed E-state index contributed by atoms with van der Waals surface area (Å²) in [7, 11) is 0. The van der Waals surface area contributed by atoms with E-state index in [1.807, 2.05) is 19.2 Å². The van der Waals surface area contributed by atoms with Gasteiger partial charge >= 0.3 is 0 Å². The number of hydrogen-bond acceptors (Lipinski definition) is 4. The largest absolute Gasteiger partial charge is 0.339 e. The van der Waals surface area contributed by atoms with Crippen LogP contribution in [0.4, 0.5) is 5.95 Å². The van der Waals surface area contributed by atoms with Crippen molar-refractivity contribution < 1.29 is 0 Å². The lowest BCUT2D eigenvalue weighted by molar-refractivity contribution is 0.340. The average molecular weight is 218 g/mol. The van der Waals surface area contributed by atoms with Crippen LogP contribution in [0.2, 0.25) is 0 Å². The molecule has 2 aliphatic rings. The Morgan fingerprint density at radius 1 is 1.44 bits per heavy atom. The number of rotatable bonds is 1. The fraction of sp³-hybridized carbons (Fsp3) is 0.667. The molecule has 1 aromatic heterocycles. The Labute approximate surface area is 96.1 Å². The smallest absolute Gasteiger partial charge is 0.225 e. The first-order chi connectivity index (χ1) is 7.83. The summed E-state index contributed by atoms with van der Waals surface area (Å²) in [5.74, 6) is 1.69. The van der Waals surface area contributed by atoms with Crippen LogP contribution in [0.5, 0.6) is 0 Å². The summed E-state index contributed by atoms with van der Waals surface area (Å²) in [5, 5.41) is 3.60. The van der Waals surface area contributed by atoms with Gasteiger partial charge in [0, 0.05) is 31.0 Å². The van der Waals surface area contributed by atoms with E-state index < -0.39 is 0 Å². The highest BCUT2D eigenvalue weighted by molar-refractivity contribution is 5.33. The minimum Gasteiger partial charge on any atom is -0.339 e. The molecule has 2 saturated heterocycles. The van der Waals surface area contributed by atoms with E-state index in [0.717, 1.165) is 30.6 Å². The second-order valence-corrected chi connectivity index (χ2v) is 4.87. The topological polar surface area (TPSA) is 41.1 Å². The van der Waals surface area contributed by atoms with Crippen LogP contribution >= 0.6 is 0 Å². The molecule has 4 heteroatoms. The molecule has 1 N–H and O–H groups in total. The summed E-state index contributed by atoms with van der Waals surface area (Å²) in [6.07, 6.45) is 4.51. The zero-order valence-electron chi connectivity index (χ0n) is 9.69. The molecule has 0 bridgehead atoms. The van der Waals surface area contributed by atoms with E-state index in [1.165, 1.54) is 19.4 Å². The molecule has 1 aromatic rings. The first kappa shape index (κ1) is 10.0. The van der Waals surface area contributed by atoms with Crippen molar-refractivity contribution in [3.63, 3.8) is 0 Å². The third kappa shape index (κ3) is 1.78. The molecule has 2 atom stereocenters. The van der Waals surface area contributed by atoms with Crippen molar-refractivity contribution in [3.8, 4) is 0 Å². The second kappa shape index (κ2) is 4.01. The molecule has 2 fully saturated rings. The third-order valence-electron chi connectivity index (χ3n) is 3.66. The summed E-state index contributed by atoms with van der Waals surface area (Å²) in [6.45, 7) is 5.37. The molecule has 2 aliphatic heterocycles. The number of aromatic nitrogens is 2. The van der Waals surface area contributed by atoms with Crippen LogP contribution in [0.1, 0.15) is 18.5 Å². The van der Waals surface area contributed by atoms with Crippen molar-refractivity contribution in [2.45, 2.75) is 25.8 Å². The van der Waals surface area contributed by atoms with Gasteiger partial charge < -0.3 is 10.2 Å². The number of nitrogens with zero attached hydrogens (tertiary/aromatic N) is 3. The van der Waals surface area contributed by atoms with E-state index in [4.69, 9.17) is 0 Å². The number of fused-ring (bicyclic) bond motifs is 1. The molecule has 4 nitrogen and oxygen atoms in total. The van der Waals surface area contributed by atoms with Crippen molar-refractivity contribution in [2.24, 2.45) is 5.92 Å². The monoisotopic (exact) mass is 218 g/mol. The Morgan fingerprint density at radius 2 is 2.38 bits per heavy atom. The van der Waals surface area contributed by atoms with Crippen LogP contribution in [0.3, 0.4) is 0 Å². The highest BCUT2D eigenvalue weighted by Gasteiger charge is 2.35. The van der Waals surface area contributed by atoms with Crippen molar-refractivity contribution in [1.29, 1.82) is 0 Å². The molecular weight excluding hydrogens is 200 g/mol. The summed E-state index contributed by atoms with van der Waals surface area (Å²) in [4.78, 5) is 11.2. The number of anilines is 1. The van der Waals surface area contributed by atoms with E-state index >= 15 is 0 Å². The van der Waals surface area contributed by atoms with Gasteiger partial charge in [-0.15, -0.1) is 0 Å². The first-order valence-electron chi connectivity index (χ1n) is 6.11. The van der Waals surface area contributed by atoms with E-state index in [-0.39, 0.29) is 0 Å². The van der Waals surface area contributed by atoms with Gasteiger partial charge in [0.25, 0.3) is 0 Å². The molecule has 0 unspecified atom stereocenters. The Kier molecular flexibility index (Phi) is 2.52. The van der Waals surface area contributed by atoms with Gasteiger partial charge in [-0.25, -0.2) is 9.97 Å². The summed E-state index contributed by atoms with van der Waals surface area (Å²) in [5.41, 5.74) is 1.05. The van der Waals surface area contributed by atoms with E-state index in [9.17, 15) is 0 Å². The SMILES string of the molecule is Cc1ccnc(N2C[C@@H]3CCCN[C@@H]3C2)n1. The molecule has 0 amide bonds. The van der Waals surface area contributed by atoms with Gasteiger partial charge in [-0.1, -0.05) is 0 Å². The summed E-state index contributed by atoms with van der Waals surface area (Å²) >= 11 is 0. The van der Waals surface area contributed by atoms with Crippen LogP contribution in [-0.2, 0) is 0 Å². The number of piperidine rings is 1. The molecule has 0 aromatic carbocycles. The Hall–Kier alpha value is -1.16. The zero-order valence-corrected chi connectivity index (χ0v) is 9.69. The maximum absolute atomic E-state index is 4.50. The Morgan fingerprint density at radius 3 is 3.19 bits per heavy atom. The maximum atomic E-state index is 4.50. The van der Waals surface area contributed by atoms with Crippen molar-refractivity contribution in [3.05, 3.63) is 18.0 Å². The van der Waals surface area contributed by atoms with Crippen molar-refractivity contribution >= 4 is 5.95 Å². The lowest BCUT2D eigenvalue weighted by Crippen LogP contribution is -2.40. The molecule has 86 valence electrons. The molecular formula is C12H18N4. The van der Waals surface area contributed by atoms with Gasteiger partial charge in [0.2, 0.25) is 5.95 Å². The molecule has 0 aliphatic carbocycles. The quantitative estimate of drug-likeness (QED) is 0.762. The van der Waals surface area contributed by atoms with Gasteiger partial charge in [0.05, 0.1) is 0 Å². The third-order valence-corrected chi connectivity index (χ3v) is 3.66. The Balaban J connectivity index is 1.77. The van der Waals surface area contributed by atoms with Crippen LogP contribution in [-0.4, -0.2) is 35.6 Å². The second-order valence-electron chi connectivity index (χ2n) is 4.87. The molecule has 0 spiro atoms. The van der Waals surface area contributed by atoms with E-state index in [2.05, 4.69) is 20.2 Å². The number of aryl methyl sites for hydroxylation is 1. The van der Waals surface area contributed by atoms with E-state index in [0.29, 0.717) is 6.04 Å². The summed E-state index contributed by atoms with van der Waals surface area (Å²) < 4.78 is 0.